The third-order valence-electron chi connectivity index (χ3n) is 4.18. The average molecular weight is 368 g/mol. The summed E-state index contributed by atoms with van der Waals surface area (Å²) in [7, 11) is -4.36. The zero-order valence-corrected chi connectivity index (χ0v) is 14.8. The first kappa shape index (κ1) is 19.3. The lowest BCUT2D eigenvalue weighted by molar-refractivity contribution is -0.133. The van der Waals surface area contributed by atoms with Gasteiger partial charge >= 0.3 is 0 Å². The largest absolute Gasteiger partial charge is 0.365 e. The van der Waals surface area contributed by atoms with E-state index in [9.17, 15) is 17.6 Å². The quantitative estimate of drug-likeness (QED) is 0.806. The van der Waals surface area contributed by atoms with Crippen molar-refractivity contribution < 1.29 is 22.3 Å². The Hall–Kier alpha value is -1.98. The van der Waals surface area contributed by atoms with Crippen molar-refractivity contribution >= 4 is 15.9 Å². The van der Waals surface area contributed by atoms with Crippen LogP contribution in [0.1, 0.15) is 51.0 Å². The molecule has 0 saturated heterocycles. The lowest BCUT2D eigenvalue weighted by atomic mass is 10.1. The third-order valence-corrected chi connectivity index (χ3v) is 5.57. The second-order valence-electron chi connectivity index (χ2n) is 6.09. The van der Waals surface area contributed by atoms with E-state index < -0.39 is 38.3 Å². The Morgan fingerprint density at radius 1 is 1.32 bits per heavy atom. The van der Waals surface area contributed by atoms with E-state index >= 15 is 0 Å². The van der Waals surface area contributed by atoms with E-state index in [1.807, 2.05) is 4.72 Å². The topological polar surface area (TPSA) is 96.3 Å². The normalized spacial score (nSPS) is 17.3. The van der Waals surface area contributed by atoms with E-state index in [0.717, 1.165) is 50.7 Å². The number of nitriles is 1. The number of nitrogens with zero attached hydrogens (tertiary/aromatic N) is 1. The van der Waals surface area contributed by atoms with Crippen LogP contribution >= 0.6 is 0 Å². The highest BCUT2D eigenvalue weighted by atomic mass is 32.2. The number of halogens is 1. The summed E-state index contributed by atoms with van der Waals surface area (Å²) < 4.78 is 45.8. The molecular formula is C17H21FN2O4S. The molecule has 25 heavy (non-hydrogen) atoms. The second-order valence-corrected chi connectivity index (χ2v) is 7.74. The minimum atomic E-state index is -4.36. The summed E-state index contributed by atoms with van der Waals surface area (Å²) >= 11 is 0. The summed E-state index contributed by atoms with van der Waals surface area (Å²) in [5, 5.41) is 8.96. The predicted molar refractivity (Wildman–Crippen MR) is 88.5 cm³/mol. The van der Waals surface area contributed by atoms with Crippen molar-refractivity contribution in [1.82, 2.24) is 4.72 Å². The van der Waals surface area contributed by atoms with E-state index in [-0.39, 0.29) is 6.10 Å². The molecule has 1 aliphatic rings. The zero-order valence-electron chi connectivity index (χ0n) is 14.0. The molecule has 1 saturated carbocycles. The first-order valence-electron chi connectivity index (χ1n) is 8.26. The maximum absolute atomic E-state index is 13.6. The van der Waals surface area contributed by atoms with Gasteiger partial charge in [0.25, 0.3) is 15.9 Å². The van der Waals surface area contributed by atoms with E-state index in [1.54, 1.807) is 0 Å². The highest BCUT2D eigenvalue weighted by Crippen LogP contribution is 2.22. The Kier molecular flexibility index (Phi) is 6.51. The summed E-state index contributed by atoms with van der Waals surface area (Å²) in [6, 6.07) is 4.74. The third kappa shape index (κ3) is 5.00. The van der Waals surface area contributed by atoms with Crippen LogP contribution in [0.3, 0.4) is 0 Å². The first-order valence-corrected chi connectivity index (χ1v) is 9.74. The number of carbonyl (C=O) groups is 1. The number of hydrogen-bond donors (Lipinski definition) is 1. The van der Waals surface area contributed by atoms with Crippen LogP contribution in [0.15, 0.2) is 23.1 Å². The van der Waals surface area contributed by atoms with Crippen molar-refractivity contribution in [3.63, 3.8) is 0 Å². The van der Waals surface area contributed by atoms with Crippen LogP contribution in [-0.4, -0.2) is 26.5 Å². The van der Waals surface area contributed by atoms with Gasteiger partial charge in [0.15, 0.2) is 0 Å². The number of amides is 1. The SMILES string of the molecule is C[C@@H](OC1CCCCCC1)C(=O)NS(=O)(=O)c1cccc(F)c1C#N. The Bertz CT molecular complexity index is 765. The molecule has 0 bridgehead atoms. The smallest absolute Gasteiger partial charge is 0.265 e. The zero-order chi connectivity index (χ0) is 18.4. The highest BCUT2D eigenvalue weighted by Gasteiger charge is 2.27. The van der Waals surface area contributed by atoms with Crippen LogP contribution < -0.4 is 4.72 Å². The van der Waals surface area contributed by atoms with Crippen molar-refractivity contribution in [3.05, 3.63) is 29.6 Å². The summed E-state index contributed by atoms with van der Waals surface area (Å²) in [6.45, 7) is 1.48. The standard InChI is InChI=1S/C17H21FN2O4S/c1-12(24-13-7-4-2-3-5-8-13)17(21)20-25(22,23)16-10-6-9-15(18)14(16)11-19/h6,9-10,12-13H,2-5,7-8H2,1H3,(H,20,21)/t12-/m1/s1. The maximum Gasteiger partial charge on any atom is 0.265 e. The van der Waals surface area contributed by atoms with Gasteiger partial charge in [-0.2, -0.15) is 5.26 Å². The first-order chi connectivity index (χ1) is 11.8. The van der Waals surface area contributed by atoms with Crippen molar-refractivity contribution in [2.45, 2.75) is 62.6 Å². The van der Waals surface area contributed by atoms with E-state index in [1.165, 1.54) is 19.1 Å². The minimum Gasteiger partial charge on any atom is -0.365 e. The minimum absolute atomic E-state index is 0.0743. The summed E-state index contributed by atoms with van der Waals surface area (Å²) in [4.78, 5) is 11.6. The van der Waals surface area contributed by atoms with Crippen LogP contribution in [-0.2, 0) is 19.6 Å². The van der Waals surface area contributed by atoms with Gasteiger partial charge in [-0.3, -0.25) is 4.79 Å². The molecule has 2 rings (SSSR count). The molecule has 1 fully saturated rings. The predicted octanol–water partition coefficient (Wildman–Crippen LogP) is 2.63. The van der Waals surface area contributed by atoms with Crippen LogP contribution in [0.4, 0.5) is 4.39 Å². The lowest BCUT2D eigenvalue weighted by Crippen LogP contribution is -2.40. The number of hydrogen-bond acceptors (Lipinski definition) is 5. The number of rotatable bonds is 5. The summed E-state index contributed by atoms with van der Waals surface area (Å²) in [5.74, 6) is -1.79. The van der Waals surface area contributed by atoms with Gasteiger partial charge in [0.2, 0.25) is 0 Å². The van der Waals surface area contributed by atoms with Crippen molar-refractivity contribution in [1.29, 1.82) is 5.26 Å². The van der Waals surface area contributed by atoms with Crippen LogP contribution in [0.5, 0.6) is 0 Å². The molecule has 8 heteroatoms. The van der Waals surface area contributed by atoms with Gasteiger partial charge in [-0.25, -0.2) is 17.5 Å². The fourth-order valence-corrected chi connectivity index (χ4v) is 4.05. The second kappa shape index (κ2) is 8.41. The van der Waals surface area contributed by atoms with E-state index in [2.05, 4.69) is 0 Å². The Morgan fingerprint density at radius 3 is 2.56 bits per heavy atom. The lowest BCUT2D eigenvalue weighted by Gasteiger charge is -2.20. The molecule has 1 amide bonds. The van der Waals surface area contributed by atoms with Gasteiger partial charge < -0.3 is 4.74 Å². The molecule has 1 aromatic rings. The Labute approximate surface area is 147 Å². The molecule has 1 atom stereocenters. The van der Waals surface area contributed by atoms with Gasteiger partial charge in [-0.15, -0.1) is 0 Å². The molecule has 1 aromatic carbocycles. The molecule has 0 aliphatic heterocycles. The van der Waals surface area contributed by atoms with Crippen LogP contribution in [0.25, 0.3) is 0 Å². The van der Waals surface area contributed by atoms with Gasteiger partial charge in [-0.1, -0.05) is 31.7 Å². The van der Waals surface area contributed by atoms with Crippen LogP contribution in [0, 0.1) is 17.1 Å². The van der Waals surface area contributed by atoms with E-state index in [0.29, 0.717) is 0 Å². The van der Waals surface area contributed by atoms with Gasteiger partial charge in [0, 0.05) is 0 Å². The fourth-order valence-electron chi connectivity index (χ4n) is 2.84. The Balaban J connectivity index is 2.08. The molecule has 1 aliphatic carbocycles. The number of benzene rings is 1. The summed E-state index contributed by atoms with van der Waals surface area (Å²) in [5.41, 5.74) is -0.625. The highest BCUT2D eigenvalue weighted by molar-refractivity contribution is 7.90. The van der Waals surface area contributed by atoms with Crippen molar-refractivity contribution in [3.8, 4) is 6.07 Å². The Morgan fingerprint density at radius 2 is 1.96 bits per heavy atom. The molecule has 0 unspecified atom stereocenters. The molecule has 0 heterocycles. The molecular weight excluding hydrogens is 347 g/mol. The molecule has 136 valence electrons. The average Bonchev–Trinajstić information content (AvgIpc) is 2.82. The molecule has 0 spiro atoms. The van der Waals surface area contributed by atoms with Crippen molar-refractivity contribution in [2.75, 3.05) is 0 Å². The monoisotopic (exact) mass is 368 g/mol. The molecule has 0 aromatic heterocycles. The number of carbonyl (C=O) groups excluding carboxylic acids is 1. The van der Waals surface area contributed by atoms with Crippen LogP contribution in [0.2, 0.25) is 0 Å². The number of nitrogens with one attached hydrogen (secondary N) is 1. The maximum atomic E-state index is 13.6. The van der Waals surface area contributed by atoms with E-state index in [4.69, 9.17) is 10.00 Å². The van der Waals surface area contributed by atoms with Gasteiger partial charge in [-0.05, 0) is 31.9 Å². The van der Waals surface area contributed by atoms with Crippen molar-refractivity contribution in [2.24, 2.45) is 0 Å². The number of ether oxygens (including phenoxy) is 1. The van der Waals surface area contributed by atoms with Gasteiger partial charge in [0.05, 0.1) is 6.10 Å². The molecule has 0 radical (unpaired) electrons. The van der Waals surface area contributed by atoms with Gasteiger partial charge in [0.1, 0.15) is 28.4 Å². The number of sulfonamides is 1. The molecule has 6 nitrogen and oxygen atoms in total. The fraction of sp³-hybridized carbons (Fsp3) is 0.529. The molecule has 1 N–H and O–H groups in total. The summed E-state index contributed by atoms with van der Waals surface area (Å²) in [6.07, 6.45) is 4.95.